The van der Waals surface area contributed by atoms with E-state index in [1.165, 1.54) is 0 Å². The van der Waals surface area contributed by atoms with E-state index in [2.05, 4.69) is 30.0 Å². The van der Waals surface area contributed by atoms with Crippen molar-refractivity contribution in [1.82, 2.24) is 25.1 Å². The molecule has 4 heterocycles. The van der Waals surface area contributed by atoms with Crippen LogP contribution in [-0.2, 0) is 17.7 Å². The smallest absolute Gasteiger partial charge is 0.253 e. The van der Waals surface area contributed by atoms with Crippen LogP contribution in [0.2, 0.25) is 0 Å². The third-order valence-electron chi connectivity index (χ3n) is 6.02. The number of amides is 1. The van der Waals surface area contributed by atoms with Crippen molar-refractivity contribution in [3.63, 3.8) is 0 Å². The first-order valence-electron chi connectivity index (χ1n) is 10.8. The molecule has 1 atom stereocenters. The summed E-state index contributed by atoms with van der Waals surface area (Å²) in [4.78, 5) is 19.5. The van der Waals surface area contributed by atoms with Crippen molar-refractivity contribution in [2.75, 3.05) is 31.2 Å². The van der Waals surface area contributed by atoms with Crippen LogP contribution < -0.4 is 10.2 Å². The lowest BCUT2D eigenvalue weighted by Crippen LogP contribution is -2.39. The van der Waals surface area contributed by atoms with Gasteiger partial charge in [0, 0.05) is 55.7 Å². The molecule has 3 aromatic rings. The highest BCUT2D eigenvalue weighted by atomic mass is 16.5. The fraction of sp³-hybridized carbons (Fsp3) is 0.391. The molecule has 8 nitrogen and oxygen atoms in total. The molecular formula is C23H26N6O2. The molecule has 2 aliphatic heterocycles. The van der Waals surface area contributed by atoms with Crippen LogP contribution in [0.25, 0.3) is 11.4 Å². The zero-order valence-electron chi connectivity index (χ0n) is 17.4. The normalized spacial score (nSPS) is 18.8. The van der Waals surface area contributed by atoms with Crippen molar-refractivity contribution in [2.24, 2.45) is 0 Å². The third-order valence-corrected chi connectivity index (χ3v) is 6.02. The summed E-state index contributed by atoms with van der Waals surface area (Å²) in [5.74, 6) is 1.82. The summed E-state index contributed by atoms with van der Waals surface area (Å²) in [6.07, 6.45) is 6.01. The summed E-state index contributed by atoms with van der Waals surface area (Å²) in [5.41, 5.74) is 2.72. The Hall–Kier alpha value is -3.26. The zero-order chi connectivity index (χ0) is 21.0. The molecule has 2 aromatic heterocycles. The number of pyridine rings is 1. The van der Waals surface area contributed by atoms with Gasteiger partial charge in [-0.25, -0.2) is 0 Å². The Morgan fingerprint density at radius 1 is 1.00 bits per heavy atom. The first-order valence-corrected chi connectivity index (χ1v) is 10.8. The van der Waals surface area contributed by atoms with Gasteiger partial charge in [-0.3, -0.25) is 9.78 Å². The summed E-state index contributed by atoms with van der Waals surface area (Å²) < 4.78 is 7.63. The molecule has 160 valence electrons. The second-order valence-corrected chi connectivity index (χ2v) is 7.94. The third kappa shape index (κ3) is 4.16. The molecule has 2 aliphatic rings. The number of nitrogens with zero attached hydrogens (tertiary/aromatic N) is 5. The predicted octanol–water partition coefficient (Wildman–Crippen LogP) is 2.31. The average Bonchev–Trinajstić information content (AvgIpc) is 3.14. The molecule has 1 N–H and O–H groups in total. The van der Waals surface area contributed by atoms with Crippen molar-refractivity contribution in [3.05, 3.63) is 60.2 Å². The van der Waals surface area contributed by atoms with Gasteiger partial charge in [0.15, 0.2) is 5.82 Å². The average molecular weight is 419 g/mol. The number of ether oxygens (including phenoxy) is 1. The van der Waals surface area contributed by atoms with Gasteiger partial charge >= 0.3 is 0 Å². The van der Waals surface area contributed by atoms with E-state index < -0.39 is 0 Å². The summed E-state index contributed by atoms with van der Waals surface area (Å²) in [7, 11) is 0. The van der Waals surface area contributed by atoms with Gasteiger partial charge in [0.1, 0.15) is 5.82 Å². The summed E-state index contributed by atoms with van der Waals surface area (Å²) in [6, 6.07) is 11.8. The van der Waals surface area contributed by atoms with Crippen LogP contribution in [0.15, 0.2) is 48.8 Å². The molecule has 1 saturated heterocycles. The number of carbonyl (C=O) groups excluding carboxylic acids is 1. The number of rotatable bonds is 4. The first-order chi connectivity index (χ1) is 15.3. The molecule has 31 heavy (non-hydrogen) atoms. The fourth-order valence-electron chi connectivity index (χ4n) is 4.36. The Kier molecular flexibility index (Phi) is 5.62. The van der Waals surface area contributed by atoms with E-state index >= 15 is 0 Å². The molecule has 0 aliphatic carbocycles. The second kappa shape index (κ2) is 8.85. The molecule has 0 radical (unpaired) electrons. The van der Waals surface area contributed by atoms with Gasteiger partial charge in [-0.05, 0) is 37.1 Å². The number of hydrogen-bond donors (Lipinski definition) is 1. The van der Waals surface area contributed by atoms with Gasteiger partial charge in [-0.15, -0.1) is 10.2 Å². The van der Waals surface area contributed by atoms with E-state index in [0.29, 0.717) is 13.2 Å². The quantitative estimate of drug-likeness (QED) is 0.700. The number of aryl methyl sites for hydroxylation is 1. The van der Waals surface area contributed by atoms with Crippen molar-refractivity contribution in [2.45, 2.75) is 31.8 Å². The number of benzene rings is 1. The lowest BCUT2D eigenvalue weighted by molar-refractivity contribution is 0.0931. The Labute approximate surface area is 181 Å². The van der Waals surface area contributed by atoms with E-state index in [-0.39, 0.29) is 11.9 Å². The fourth-order valence-corrected chi connectivity index (χ4v) is 4.36. The molecule has 5 rings (SSSR count). The second-order valence-electron chi connectivity index (χ2n) is 7.94. The lowest BCUT2D eigenvalue weighted by atomic mass is 10.1. The highest BCUT2D eigenvalue weighted by Gasteiger charge is 2.24. The highest BCUT2D eigenvalue weighted by Crippen LogP contribution is 2.24. The summed E-state index contributed by atoms with van der Waals surface area (Å²) >= 11 is 0. The Bertz CT molecular complexity index is 1050. The predicted molar refractivity (Wildman–Crippen MR) is 117 cm³/mol. The molecule has 8 heteroatoms. The number of carbonyl (C=O) groups is 1. The molecule has 1 aromatic carbocycles. The van der Waals surface area contributed by atoms with Crippen molar-refractivity contribution in [1.29, 1.82) is 0 Å². The van der Waals surface area contributed by atoms with E-state index in [1.807, 2.05) is 36.4 Å². The largest absolute Gasteiger partial charge is 0.378 e. The number of aromatic nitrogens is 4. The van der Waals surface area contributed by atoms with Gasteiger partial charge in [-0.2, -0.15) is 0 Å². The molecule has 1 unspecified atom stereocenters. The minimum Gasteiger partial charge on any atom is -0.378 e. The van der Waals surface area contributed by atoms with Crippen LogP contribution in [0.4, 0.5) is 5.69 Å². The number of hydrogen-bond acceptors (Lipinski definition) is 6. The van der Waals surface area contributed by atoms with E-state index in [0.717, 1.165) is 67.4 Å². The van der Waals surface area contributed by atoms with Gasteiger partial charge in [0.05, 0.1) is 18.8 Å². The van der Waals surface area contributed by atoms with Gasteiger partial charge in [-0.1, -0.05) is 12.1 Å². The first kappa shape index (κ1) is 19.7. The number of para-hydroxylation sites is 1. The van der Waals surface area contributed by atoms with Crippen molar-refractivity contribution in [3.8, 4) is 11.4 Å². The highest BCUT2D eigenvalue weighted by molar-refractivity contribution is 6.00. The standard InChI is InChI=1S/C23H26N6O2/c30-23(19-3-1-2-4-20(19)28-13-15-31-16-14-28)25-18-5-6-21-26-27-22(29(21)12-9-18)17-7-10-24-11-8-17/h1-4,7-8,10-11,18H,5-6,9,12-16H2,(H,25,30). The molecule has 0 spiro atoms. The summed E-state index contributed by atoms with van der Waals surface area (Å²) in [6.45, 7) is 3.77. The maximum atomic E-state index is 13.2. The number of anilines is 1. The van der Waals surface area contributed by atoms with Crippen LogP contribution in [0.1, 0.15) is 29.0 Å². The topological polar surface area (TPSA) is 85.2 Å². The van der Waals surface area contributed by atoms with Gasteiger partial charge in [0.25, 0.3) is 5.91 Å². The number of nitrogens with one attached hydrogen (secondary N) is 1. The van der Waals surface area contributed by atoms with Crippen LogP contribution in [-0.4, -0.2) is 58.0 Å². The lowest BCUT2D eigenvalue weighted by Gasteiger charge is -2.30. The van der Waals surface area contributed by atoms with Crippen LogP contribution >= 0.6 is 0 Å². The Morgan fingerprint density at radius 3 is 2.65 bits per heavy atom. The molecular weight excluding hydrogens is 392 g/mol. The monoisotopic (exact) mass is 418 g/mol. The van der Waals surface area contributed by atoms with Gasteiger partial charge in [0.2, 0.25) is 0 Å². The van der Waals surface area contributed by atoms with Crippen molar-refractivity contribution < 1.29 is 9.53 Å². The van der Waals surface area contributed by atoms with Crippen LogP contribution in [0.3, 0.4) is 0 Å². The number of fused-ring (bicyclic) bond motifs is 1. The summed E-state index contributed by atoms with van der Waals surface area (Å²) in [5, 5.41) is 12.1. The van der Waals surface area contributed by atoms with Gasteiger partial charge < -0.3 is 19.5 Å². The molecule has 1 fully saturated rings. The van der Waals surface area contributed by atoms with E-state index in [1.54, 1.807) is 12.4 Å². The van der Waals surface area contributed by atoms with E-state index in [9.17, 15) is 4.79 Å². The number of morpholine rings is 1. The van der Waals surface area contributed by atoms with Crippen LogP contribution in [0.5, 0.6) is 0 Å². The molecule has 0 saturated carbocycles. The molecule has 1 amide bonds. The van der Waals surface area contributed by atoms with E-state index in [4.69, 9.17) is 4.74 Å². The minimum atomic E-state index is -0.0147. The molecule has 0 bridgehead atoms. The maximum absolute atomic E-state index is 13.2. The van der Waals surface area contributed by atoms with Crippen LogP contribution in [0, 0.1) is 0 Å². The van der Waals surface area contributed by atoms with Crippen molar-refractivity contribution >= 4 is 11.6 Å². The zero-order valence-corrected chi connectivity index (χ0v) is 17.4. The Balaban J connectivity index is 1.29. The maximum Gasteiger partial charge on any atom is 0.253 e. The SMILES string of the molecule is O=C(NC1CCc2nnc(-c3ccncc3)n2CC1)c1ccccc1N1CCOCC1. The minimum absolute atomic E-state index is 0.0147. The Morgan fingerprint density at radius 2 is 1.81 bits per heavy atom.